The van der Waals surface area contributed by atoms with E-state index in [0.717, 1.165) is 27.5 Å². The molecule has 0 aliphatic heterocycles. The van der Waals surface area contributed by atoms with E-state index < -0.39 is 0 Å². The van der Waals surface area contributed by atoms with Crippen LogP contribution in [0.1, 0.15) is 11.8 Å². The van der Waals surface area contributed by atoms with Crippen molar-refractivity contribution >= 4 is 11.3 Å². The fourth-order valence-corrected chi connectivity index (χ4v) is 3.06. The molecule has 6 heteroatoms. The van der Waals surface area contributed by atoms with Crippen LogP contribution in [0.25, 0.3) is 11.3 Å². The van der Waals surface area contributed by atoms with Crippen LogP contribution in [0.5, 0.6) is 5.75 Å². The highest BCUT2D eigenvalue weighted by Gasteiger charge is 2.12. The van der Waals surface area contributed by atoms with Crippen molar-refractivity contribution in [3.63, 3.8) is 0 Å². The topological polar surface area (TPSA) is 65.6 Å². The lowest BCUT2D eigenvalue weighted by atomic mass is 10.1. The molecule has 0 saturated heterocycles. The summed E-state index contributed by atoms with van der Waals surface area (Å²) < 4.78 is 5.59. The van der Waals surface area contributed by atoms with Crippen LogP contribution in [-0.2, 0) is 6.54 Å². The molecule has 0 fully saturated rings. The Kier molecular flexibility index (Phi) is 6.15. The summed E-state index contributed by atoms with van der Waals surface area (Å²) >= 11 is 1.20. The molecule has 0 unspecified atom stereocenters. The maximum Gasteiger partial charge on any atom is 0.305 e. The van der Waals surface area contributed by atoms with Crippen molar-refractivity contribution in [3.05, 3.63) is 51.0 Å². The van der Waals surface area contributed by atoms with E-state index in [1.54, 1.807) is 0 Å². The van der Waals surface area contributed by atoms with Gasteiger partial charge in [-0.25, -0.2) is 0 Å². The van der Waals surface area contributed by atoms with Crippen LogP contribution in [0, 0.1) is 0 Å². The second-order valence-corrected chi connectivity index (χ2v) is 6.61. The van der Waals surface area contributed by atoms with Gasteiger partial charge in [-0.15, -0.1) is 0 Å². The van der Waals surface area contributed by atoms with Gasteiger partial charge < -0.3 is 14.8 Å². The number of hydrogen-bond donors (Lipinski definition) is 2. The molecule has 0 bridgehead atoms. The molecule has 0 aliphatic carbocycles. The molecular weight excluding hydrogens is 312 g/mol. The third kappa shape index (κ3) is 5.06. The van der Waals surface area contributed by atoms with E-state index in [4.69, 9.17) is 9.84 Å². The number of aliphatic hydroxyl groups excluding tert-OH is 1. The number of H-pyrrole nitrogens is 1. The summed E-state index contributed by atoms with van der Waals surface area (Å²) in [6, 6.07) is 7.63. The maximum absolute atomic E-state index is 11.7. The number of likely N-dealkylation sites (N-methyl/N-ethyl adjacent to an activating group) is 1. The molecule has 2 N–H and O–H groups in total. The summed E-state index contributed by atoms with van der Waals surface area (Å²) in [7, 11) is 1.92. The second-order valence-electron chi connectivity index (χ2n) is 5.54. The monoisotopic (exact) mass is 334 g/mol. The number of nitrogens with one attached hydrogen (secondary N) is 1. The minimum absolute atomic E-state index is 0.0741. The molecule has 2 rings (SSSR count). The second kappa shape index (κ2) is 8.10. The van der Waals surface area contributed by atoms with Crippen molar-refractivity contribution < 1.29 is 9.84 Å². The average molecular weight is 334 g/mol. The maximum atomic E-state index is 11.7. The number of benzene rings is 1. The third-order valence-corrected chi connectivity index (χ3v) is 4.11. The zero-order valence-electron chi connectivity index (χ0n) is 13.5. The van der Waals surface area contributed by atoms with Gasteiger partial charge in [0, 0.05) is 18.0 Å². The van der Waals surface area contributed by atoms with E-state index >= 15 is 0 Å². The van der Waals surface area contributed by atoms with Crippen molar-refractivity contribution in [2.24, 2.45) is 0 Å². The van der Waals surface area contributed by atoms with Gasteiger partial charge >= 0.3 is 4.87 Å². The number of aliphatic hydroxyl groups is 1. The lowest BCUT2D eigenvalue weighted by molar-refractivity contribution is 0.218. The Labute approximate surface area is 139 Å². The van der Waals surface area contributed by atoms with Crippen LogP contribution < -0.4 is 9.61 Å². The van der Waals surface area contributed by atoms with Crippen molar-refractivity contribution in [1.82, 2.24) is 9.88 Å². The zero-order chi connectivity index (χ0) is 16.8. The van der Waals surface area contributed by atoms with Gasteiger partial charge in [-0.1, -0.05) is 17.9 Å². The molecule has 0 spiro atoms. The standard InChI is InChI=1S/C17H22N2O3S/c1-12(2)11-22-14-6-4-13(5-7-14)16-15(23-17(21)18-16)10-19(3)8-9-20/h4-7,20H,1,8-11H2,2-3H3,(H,18,21). The minimum atomic E-state index is -0.0741. The Morgan fingerprint density at radius 3 is 2.70 bits per heavy atom. The van der Waals surface area contributed by atoms with E-state index in [1.165, 1.54) is 11.3 Å². The molecule has 124 valence electrons. The van der Waals surface area contributed by atoms with Gasteiger partial charge in [-0.2, -0.15) is 0 Å². The summed E-state index contributed by atoms with van der Waals surface area (Å²) in [5.41, 5.74) is 2.74. The Hall–Kier alpha value is -1.89. The number of thiazole rings is 1. The highest BCUT2D eigenvalue weighted by atomic mass is 32.1. The van der Waals surface area contributed by atoms with Crippen molar-refractivity contribution in [2.75, 3.05) is 26.8 Å². The Morgan fingerprint density at radius 1 is 1.39 bits per heavy atom. The Bertz CT molecular complexity index is 703. The quantitative estimate of drug-likeness (QED) is 0.728. The fourth-order valence-electron chi connectivity index (χ4n) is 2.12. The summed E-state index contributed by atoms with van der Waals surface area (Å²) in [6.45, 7) is 7.50. The minimum Gasteiger partial charge on any atom is -0.489 e. The normalized spacial score (nSPS) is 11.0. The van der Waals surface area contributed by atoms with E-state index in [-0.39, 0.29) is 11.5 Å². The first-order valence-corrected chi connectivity index (χ1v) is 8.20. The van der Waals surface area contributed by atoms with Crippen LogP contribution in [0.3, 0.4) is 0 Å². The summed E-state index contributed by atoms with van der Waals surface area (Å²) in [6.07, 6.45) is 0. The van der Waals surface area contributed by atoms with E-state index in [1.807, 2.05) is 43.1 Å². The zero-order valence-corrected chi connectivity index (χ0v) is 14.3. The summed E-state index contributed by atoms with van der Waals surface area (Å²) in [5, 5.41) is 9.00. The first kappa shape index (κ1) is 17.5. The summed E-state index contributed by atoms with van der Waals surface area (Å²) in [4.78, 5) is 17.5. The smallest absolute Gasteiger partial charge is 0.305 e. The number of aromatic amines is 1. The molecule has 2 aromatic rings. The van der Waals surface area contributed by atoms with Gasteiger partial charge in [0.15, 0.2) is 0 Å². The van der Waals surface area contributed by atoms with Crippen molar-refractivity contribution in [1.29, 1.82) is 0 Å². The van der Waals surface area contributed by atoms with Gasteiger partial charge in [0.1, 0.15) is 12.4 Å². The number of ether oxygens (including phenoxy) is 1. The van der Waals surface area contributed by atoms with Crippen LogP contribution >= 0.6 is 11.3 Å². The predicted molar refractivity (Wildman–Crippen MR) is 94.1 cm³/mol. The SMILES string of the molecule is C=C(C)COc1ccc(-c2[nH]c(=O)sc2CN(C)CCO)cc1. The third-order valence-electron chi connectivity index (χ3n) is 3.25. The number of hydrogen-bond acceptors (Lipinski definition) is 5. The fraction of sp³-hybridized carbons (Fsp3) is 0.353. The largest absolute Gasteiger partial charge is 0.489 e. The molecule has 1 aromatic heterocycles. The molecule has 0 amide bonds. The van der Waals surface area contributed by atoms with E-state index in [2.05, 4.69) is 11.6 Å². The molecular formula is C17H22N2O3S. The van der Waals surface area contributed by atoms with Crippen molar-refractivity contribution in [3.8, 4) is 17.0 Å². The van der Waals surface area contributed by atoms with E-state index in [9.17, 15) is 4.79 Å². The molecule has 0 radical (unpaired) electrons. The van der Waals surface area contributed by atoms with Gasteiger partial charge in [0.05, 0.1) is 12.3 Å². The van der Waals surface area contributed by atoms with Gasteiger partial charge in [0.25, 0.3) is 0 Å². The highest BCUT2D eigenvalue weighted by molar-refractivity contribution is 7.09. The number of rotatable bonds is 8. The number of aromatic nitrogens is 1. The average Bonchev–Trinajstić information content (AvgIpc) is 2.86. The lowest BCUT2D eigenvalue weighted by Gasteiger charge is -2.14. The Balaban J connectivity index is 2.17. The van der Waals surface area contributed by atoms with Crippen LogP contribution in [-0.4, -0.2) is 41.8 Å². The lowest BCUT2D eigenvalue weighted by Crippen LogP contribution is -2.21. The van der Waals surface area contributed by atoms with Gasteiger partial charge in [-0.05, 0) is 49.4 Å². The van der Waals surface area contributed by atoms with Gasteiger partial charge in [-0.3, -0.25) is 9.69 Å². The van der Waals surface area contributed by atoms with Crippen molar-refractivity contribution in [2.45, 2.75) is 13.5 Å². The molecule has 1 aromatic carbocycles. The predicted octanol–water partition coefficient (Wildman–Crippen LogP) is 2.48. The first-order chi connectivity index (χ1) is 11.0. The Morgan fingerprint density at radius 2 is 2.09 bits per heavy atom. The van der Waals surface area contributed by atoms with Crippen LogP contribution in [0.2, 0.25) is 0 Å². The van der Waals surface area contributed by atoms with Gasteiger partial charge in [0.2, 0.25) is 0 Å². The molecule has 0 saturated carbocycles. The molecule has 0 aliphatic rings. The summed E-state index contributed by atoms with van der Waals surface area (Å²) in [5.74, 6) is 0.772. The molecule has 0 atom stereocenters. The molecule has 5 nitrogen and oxygen atoms in total. The van der Waals surface area contributed by atoms with E-state index in [0.29, 0.717) is 19.7 Å². The van der Waals surface area contributed by atoms with Crippen LogP contribution in [0.15, 0.2) is 41.2 Å². The molecule has 1 heterocycles. The van der Waals surface area contributed by atoms with Crippen LogP contribution in [0.4, 0.5) is 0 Å². The number of nitrogens with zero attached hydrogens (tertiary/aromatic N) is 1. The molecule has 23 heavy (non-hydrogen) atoms. The highest BCUT2D eigenvalue weighted by Crippen LogP contribution is 2.26. The first-order valence-electron chi connectivity index (χ1n) is 7.38.